The molecule has 0 bridgehead atoms. The second-order valence-electron chi connectivity index (χ2n) is 6.90. The Bertz CT molecular complexity index is 958. The summed E-state index contributed by atoms with van der Waals surface area (Å²) in [5, 5.41) is 20.1. The number of aliphatic hydroxyl groups is 1. The number of hydrogen-bond donors (Lipinski definition) is 3. The minimum Gasteiger partial charge on any atom is -0.508 e. The third-order valence-electron chi connectivity index (χ3n) is 4.49. The zero-order valence-corrected chi connectivity index (χ0v) is 15.7. The number of aryl methyl sites for hydroxylation is 1. The highest BCUT2D eigenvalue weighted by molar-refractivity contribution is 6.07. The van der Waals surface area contributed by atoms with E-state index in [2.05, 4.69) is 4.98 Å². The van der Waals surface area contributed by atoms with E-state index in [-0.39, 0.29) is 19.0 Å². The summed E-state index contributed by atoms with van der Waals surface area (Å²) in [5.41, 5.74) is 4.29. The predicted molar refractivity (Wildman–Crippen MR) is 104 cm³/mol. The number of fused-ring (bicyclic) bond motifs is 1. The van der Waals surface area contributed by atoms with Gasteiger partial charge in [0.15, 0.2) is 0 Å². The lowest BCUT2D eigenvalue weighted by atomic mass is 10.0. The van der Waals surface area contributed by atoms with Crippen LogP contribution in [-0.2, 0) is 24.5 Å². The van der Waals surface area contributed by atoms with Gasteiger partial charge in [-0.2, -0.15) is 0 Å². The standard InChI is InChI=1S/C21H24N2O4/c1-13-19(21(26)27-12-15-6-4-14(11-24)5-7-15)20-16(10-23(2)3)18(25)9-8-17(20)22-13/h4-9,22,24-25H,10-12H2,1-3H3. The molecule has 0 spiro atoms. The smallest absolute Gasteiger partial charge is 0.340 e. The lowest BCUT2D eigenvalue weighted by molar-refractivity contribution is 0.0474. The Kier molecular flexibility index (Phi) is 5.48. The number of phenolic OH excluding ortho intramolecular Hbond substituents is 1. The Labute approximate surface area is 158 Å². The fourth-order valence-corrected chi connectivity index (χ4v) is 3.17. The molecule has 0 amide bonds. The van der Waals surface area contributed by atoms with E-state index in [9.17, 15) is 9.90 Å². The molecule has 1 aromatic heterocycles. The van der Waals surface area contributed by atoms with Crippen molar-refractivity contribution in [2.45, 2.75) is 26.7 Å². The molecule has 27 heavy (non-hydrogen) atoms. The van der Waals surface area contributed by atoms with Crippen LogP contribution in [0.3, 0.4) is 0 Å². The maximum atomic E-state index is 12.8. The molecule has 3 rings (SSSR count). The van der Waals surface area contributed by atoms with E-state index in [1.807, 2.05) is 38.1 Å². The van der Waals surface area contributed by atoms with E-state index in [0.717, 1.165) is 16.6 Å². The molecule has 0 aliphatic heterocycles. The monoisotopic (exact) mass is 368 g/mol. The molecule has 0 radical (unpaired) electrons. The zero-order chi connectivity index (χ0) is 19.6. The number of H-pyrrole nitrogens is 1. The number of nitrogens with zero attached hydrogens (tertiary/aromatic N) is 1. The van der Waals surface area contributed by atoms with Gasteiger partial charge in [0.25, 0.3) is 0 Å². The van der Waals surface area contributed by atoms with Crippen molar-refractivity contribution in [2.24, 2.45) is 0 Å². The highest BCUT2D eigenvalue weighted by atomic mass is 16.5. The average Bonchev–Trinajstić information content (AvgIpc) is 2.98. The Morgan fingerprint density at radius 2 is 1.78 bits per heavy atom. The number of rotatable bonds is 6. The number of carbonyl (C=O) groups is 1. The Balaban J connectivity index is 1.91. The molecule has 0 aliphatic rings. The largest absolute Gasteiger partial charge is 0.508 e. The first-order valence-electron chi connectivity index (χ1n) is 8.74. The van der Waals surface area contributed by atoms with Gasteiger partial charge in [0.1, 0.15) is 12.4 Å². The third-order valence-corrected chi connectivity index (χ3v) is 4.49. The van der Waals surface area contributed by atoms with Crippen molar-refractivity contribution in [2.75, 3.05) is 14.1 Å². The summed E-state index contributed by atoms with van der Waals surface area (Å²) in [6.07, 6.45) is 0. The molecule has 1 heterocycles. The SMILES string of the molecule is Cc1[nH]c2ccc(O)c(CN(C)C)c2c1C(=O)OCc1ccc(CO)cc1. The van der Waals surface area contributed by atoms with Crippen LogP contribution in [0.5, 0.6) is 5.75 Å². The highest BCUT2D eigenvalue weighted by Gasteiger charge is 2.22. The molecule has 0 saturated carbocycles. The molecule has 6 nitrogen and oxygen atoms in total. The van der Waals surface area contributed by atoms with E-state index in [0.29, 0.717) is 28.8 Å². The fourth-order valence-electron chi connectivity index (χ4n) is 3.17. The molecule has 0 saturated heterocycles. The maximum absolute atomic E-state index is 12.8. The Hall–Kier alpha value is -2.83. The second-order valence-corrected chi connectivity index (χ2v) is 6.90. The molecule has 0 aliphatic carbocycles. The minimum absolute atomic E-state index is 0.0211. The quantitative estimate of drug-likeness (QED) is 0.582. The van der Waals surface area contributed by atoms with E-state index in [1.54, 1.807) is 24.3 Å². The molecule has 0 atom stereocenters. The van der Waals surface area contributed by atoms with Crippen molar-refractivity contribution < 1.29 is 19.7 Å². The van der Waals surface area contributed by atoms with Crippen LogP contribution in [0.2, 0.25) is 0 Å². The zero-order valence-electron chi connectivity index (χ0n) is 15.7. The van der Waals surface area contributed by atoms with Crippen molar-refractivity contribution >= 4 is 16.9 Å². The van der Waals surface area contributed by atoms with Gasteiger partial charge in [-0.25, -0.2) is 4.79 Å². The number of ether oxygens (including phenoxy) is 1. The normalized spacial score (nSPS) is 11.3. The number of aromatic amines is 1. The lowest BCUT2D eigenvalue weighted by Crippen LogP contribution is -2.12. The molecular formula is C21H24N2O4. The Morgan fingerprint density at radius 1 is 1.11 bits per heavy atom. The van der Waals surface area contributed by atoms with E-state index in [1.165, 1.54) is 0 Å². The van der Waals surface area contributed by atoms with E-state index < -0.39 is 5.97 Å². The first-order chi connectivity index (χ1) is 12.9. The van der Waals surface area contributed by atoms with Gasteiger partial charge in [0, 0.05) is 28.7 Å². The van der Waals surface area contributed by atoms with Crippen molar-refractivity contribution in [1.82, 2.24) is 9.88 Å². The summed E-state index contributed by atoms with van der Waals surface area (Å²) in [7, 11) is 3.82. The fraction of sp³-hybridized carbons (Fsp3) is 0.286. The number of benzene rings is 2. The summed E-state index contributed by atoms with van der Waals surface area (Å²) in [4.78, 5) is 18.0. The molecule has 142 valence electrons. The van der Waals surface area contributed by atoms with Gasteiger partial charge in [-0.3, -0.25) is 0 Å². The van der Waals surface area contributed by atoms with Crippen LogP contribution in [0.4, 0.5) is 0 Å². The highest BCUT2D eigenvalue weighted by Crippen LogP contribution is 2.33. The number of nitrogens with one attached hydrogen (secondary N) is 1. The molecular weight excluding hydrogens is 344 g/mol. The van der Waals surface area contributed by atoms with Gasteiger partial charge >= 0.3 is 5.97 Å². The lowest BCUT2D eigenvalue weighted by Gasteiger charge is -2.14. The van der Waals surface area contributed by atoms with Crippen molar-refractivity contribution in [3.63, 3.8) is 0 Å². The van der Waals surface area contributed by atoms with Gasteiger partial charge in [-0.05, 0) is 44.3 Å². The summed E-state index contributed by atoms with van der Waals surface area (Å²) >= 11 is 0. The minimum atomic E-state index is -0.435. The molecule has 3 N–H and O–H groups in total. The van der Waals surface area contributed by atoms with E-state index >= 15 is 0 Å². The molecule has 3 aromatic rings. The van der Waals surface area contributed by atoms with Crippen LogP contribution < -0.4 is 0 Å². The number of hydrogen-bond acceptors (Lipinski definition) is 5. The summed E-state index contributed by atoms with van der Waals surface area (Å²) in [5.74, 6) is -0.278. The van der Waals surface area contributed by atoms with Gasteiger partial charge in [0.2, 0.25) is 0 Å². The summed E-state index contributed by atoms with van der Waals surface area (Å²) in [6.45, 7) is 2.44. The number of aromatic hydroxyl groups is 1. The van der Waals surface area contributed by atoms with Crippen LogP contribution in [-0.4, -0.2) is 40.2 Å². The van der Waals surface area contributed by atoms with Crippen LogP contribution in [0.25, 0.3) is 10.9 Å². The number of esters is 1. The van der Waals surface area contributed by atoms with Crippen molar-refractivity contribution in [3.8, 4) is 5.75 Å². The van der Waals surface area contributed by atoms with Crippen LogP contribution in [0.15, 0.2) is 36.4 Å². The van der Waals surface area contributed by atoms with Crippen molar-refractivity contribution in [3.05, 3.63) is 64.3 Å². The number of carbonyl (C=O) groups excluding carboxylic acids is 1. The number of aliphatic hydroxyl groups excluding tert-OH is 1. The molecule has 2 aromatic carbocycles. The molecule has 0 fully saturated rings. The third kappa shape index (κ3) is 3.97. The Morgan fingerprint density at radius 3 is 2.41 bits per heavy atom. The average molecular weight is 368 g/mol. The van der Waals surface area contributed by atoms with Gasteiger partial charge < -0.3 is 24.8 Å². The van der Waals surface area contributed by atoms with Gasteiger partial charge in [-0.1, -0.05) is 24.3 Å². The number of phenols is 1. The number of aromatic nitrogens is 1. The predicted octanol–water partition coefficient (Wildman–Crippen LogP) is 3.09. The summed E-state index contributed by atoms with van der Waals surface area (Å²) in [6, 6.07) is 10.6. The van der Waals surface area contributed by atoms with Crippen LogP contribution >= 0.6 is 0 Å². The maximum Gasteiger partial charge on any atom is 0.340 e. The van der Waals surface area contributed by atoms with Gasteiger partial charge in [-0.15, -0.1) is 0 Å². The molecule has 6 heteroatoms. The second kappa shape index (κ2) is 7.82. The molecule has 0 unspecified atom stereocenters. The van der Waals surface area contributed by atoms with Crippen molar-refractivity contribution in [1.29, 1.82) is 0 Å². The first kappa shape index (κ1) is 18.9. The van der Waals surface area contributed by atoms with Crippen LogP contribution in [0, 0.1) is 6.92 Å². The first-order valence-corrected chi connectivity index (χ1v) is 8.74. The summed E-state index contributed by atoms with van der Waals surface area (Å²) < 4.78 is 5.52. The van der Waals surface area contributed by atoms with Crippen LogP contribution in [0.1, 0.15) is 32.7 Å². The van der Waals surface area contributed by atoms with E-state index in [4.69, 9.17) is 9.84 Å². The topological polar surface area (TPSA) is 85.8 Å². The van der Waals surface area contributed by atoms with Gasteiger partial charge in [0.05, 0.1) is 12.2 Å².